The van der Waals surface area contributed by atoms with Crippen molar-refractivity contribution in [1.29, 1.82) is 0 Å². The zero-order chi connectivity index (χ0) is 19.2. The highest BCUT2D eigenvalue weighted by atomic mass is 35.5. The van der Waals surface area contributed by atoms with Gasteiger partial charge < -0.3 is 0 Å². The standard InChI is InChI=1S/C20H12ClNO4S/c21-12-5-7-13(8-6-12)22-27(25,26)14-9-10-17-18(11-14)20(24)16-4-2-1-3-15(16)19(17)23/h1-11,22H. The maximum atomic E-state index is 12.7. The van der Waals surface area contributed by atoms with Crippen molar-refractivity contribution in [1.82, 2.24) is 0 Å². The van der Waals surface area contributed by atoms with Gasteiger partial charge in [0.1, 0.15) is 0 Å². The molecule has 3 aromatic rings. The van der Waals surface area contributed by atoms with Gasteiger partial charge in [-0.05, 0) is 42.5 Å². The molecule has 0 heterocycles. The van der Waals surface area contributed by atoms with Crippen LogP contribution in [0.3, 0.4) is 0 Å². The van der Waals surface area contributed by atoms with Crippen LogP contribution in [-0.2, 0) is 10.0 Å². The summed E-state index contributed by atoms with van der Waals surface area (Å²) in [5.41, 5.74) is 1.21. The number of carbonyl (C=O) groups excluding carboxylic acids is 2. The van der Waals surface area contributed by atoms with Crippen molar-refractivity contribution in [2.75, 3.05) is 4.72 Å². The minimum absolute atomic E-state index is 0.0812. The van der Waals surface area contributed by atoms with Crippen LogP contribution in [0.2, 0.25) is 5.02 Å². The van der Waals surface area contributed by atoms with Crippen molar-refractivity contribution in [2.45, 2.75) is 4.90 Å². The number of sulfonamides is 1. The number of benzene rings is 3. The monoisotopic (exact) mass is 397 g/mol. The van der Waals surface area contributed by atoms with Gasteiger partial charge in [-0.25, -0.2) is 8.42 Å². The molecule has 1 aliphatic rings. The first-order valence-electron chi connectivity index (χ1n) is 7.98. The van der Waals surface area contributed by atoms with Crippen molar-refractivity contribution in [3.8, 4) is 0 Å². The maximum Gasteiger partial charge on any atom is 0.261 e. The Kier molecular flexibility index (Phi) is 4.09. The number of carbonyl (C=O) groups is 2. The predicted molar refractivity (Wildman–Crippen MR) is 102 cm³/mol. The summed E-state index contributed by atoms with van der Waals surface area (Å²) in [6.45, 7) is 0. The van der Waals surface area contributed by atoms with Gasteiger partial charge >= 0.3 is 0 Å². The molecule has 0 spiro atoms. The minimum atomic E-state index is -3.93. The Morgan fingerprint density at radius 1 is 0.704 bits per heavy atom. The number of anilines is 1. The maximum absolute atomic E-state index is 12.7. The molecule has 0 fully saturated rings. The lowest BCUT2D eigenvalue weighted by Gasteiger charge is -2.18. The number of halogens is 1. The molecule has 0 amide bonds. The molecule has 7 heteroatoms. The molecular formula is C20H12ClNO4S. The molecule has 0 radical (unpaired) electrons. The highest BCUT2D eigenvalue weighted by molar-refractivity contribution is 7.92. The van der Waals surface area contributed by atoms with Gasteiger partial charge in [0.25, 0.3) is 10.0 Å². The van der Waals surface area contributed by atoms with Crippen molar-refractivity contribution < 1.29 is 18.0 Å². The molecule has 5 nitrogen and oxygen atoms in total. The van der Waals surface area contributed by atoms with E-state index in [1.807, 2.05) is 0 Å². The summed E-state index contributed by atoms with van der Waals surface area (Å²) in [5.74, 6) is -0.668. The number of hydrogen-bond donors (Lipinski definition) is 1. The van der Waals surface area contributed by atoms with Crippen LogP contribution in [-0.4, -0.2) is 20.0 Å². The van der Waals surface area contributed by atoms with Gasteiger partial charge in [-0.15, -0.1) is 0 Å². The minimum Gasteiger partial charge on any atom is -0.289 e. The molecule has 0 aliphatic heterocycles. The van der Waals surface area contributed by atoms with Crippen molar-refractivity contribution >= 4 is 38.9 Å². The Morgan fingerprint density at radius 3 is 1.89 bits per heavy atom. The first kappa shape index (κ1) is 17.5. The lowest BCUT2D eigenvalue weighted by Crippen LogP contribution is -2.22. The van der Waals surface area contributed by atoms with E-state index in [1.165, 1.54) is 30.3 Å². The third-order valence-electron chi connectivity index (χ3n) is 4.30. The zero-order valence-electron chi connectivity index (χ0n) is 13.8. The van der Waals surface area contributed by atoms with Gasteiger partial charge in [-0.3, -0.25) is 14.3 Å². The van der Waals surface area contributed by atoms with Crippen LogP contribution in [0.25, 0.3) is 0 Å². The Labute approximate surface area is 160 Å². The van der Waals surface area contributed by atoms with E-state index < -0.39 is 10.0 Å². The Balaban J connectivity index is 1.75. The molecule has 0 saturated carbocycles. The number of ketones is 2. The molecular weight excluding hydrogens is 386 g/mol. The first-order valence-corrected chi connectivity index (χ1v) is 9.84. The fourth-order valence-corrected chi connectivity index (χ4v) is 4.19. The van der Waals surface area contributed by atoms with Crippen LogP contribution in [0.1, 0.15) is 31.8 Å². The fraction of sp³-hybridized carbons (Fsp3) is 0. The summed E-state index contributed by atoms with van der Waals surface area (Å²) < 4.78 is 27.8. The molecule has 0 saturated heterocycles. The zero-order valence-corrected chi connectivity index (χ0v) is 15.3. The van der Waals surface area contributed by atoms with Crippen LogP contribution in [0.5, 0.6) is 0 Å². The van der Waals surface area contributed by atoms with E-state index in [4.69, 9.17) is 11.6 Å². The van der Waals surface area contributed by atoms with E-state index >= 15 is 0 Å². The van der Waals surface area contributed by atoms with E-state index in [0.29, 0.717) is 16.3 Å². The van der Waals surface area contributed by atoms with Gasteiger partial charge in [-0.2, -0.15) is 0 Å². The molecule has 134 valence electrons. The average molecular weight is 398 g/mol. The summed E-state index contributed by atoms with van der Waals surface area (Å²) in [4.78, 5) is 25.3. The molecule has 0 bridgehead atoms. The smallest absolute Gasteiger partial charge is 0.261 e. The van der Waals surface area contributed by atoms with E-state index in [2.05, 4.69) is 4.72 Å². The third kappa shape index (κ3) is 3.03. The summed E-state index contributed by atoms with van der Waals surface area (Å²) in [6.07, 6.45) is 0. The lowest BCUT2D eigenvalue weighted by atomic mass is 9.84. The SMILES string of the molecule is O=C1c2ccccc2C(=O)c2cc(S(=O)(=O)Nc3ccc(Cl)cc3)ccc21. The Morgan fingerprint density at radius 2 is 1.26 bits per heavy atom. The van der Waals surface area contributed by atoms with Gasteiger partial charge in [0.2, 0.25) is 0 Å². The first-order chi connectivity index (χ1) is 12.9. The third-order valence-corrected chi connectivity index (χ3v) is 5.93. The van der Waals surface area contributed by atoms with Crippen LogP contribution in [0, 0.1) is 0 Å². The second kappa shape index (κ2) is 6.33. The summed E-state index contributed by atoms with van der Waals surface area (Å²) in [5, 5.41) is 0.481. The molecule has 27 heavy (non-hydrogen) atoms. The van der Waals surface area contributed by atoms with Crippen LogP contribution in [0.4, 0.5) is 5.69 Å². The van der Waals surface area contributed by atoms with Gasteiger partial charge in [-0.1, -0.05) is 35.9 Å². The quantitative estimate of drug-likeness (QED) is 0.568. The Bertz CT molecular complexity index is 1200. The summed E-state index contributed by atoms with van der Waals surface area (Å²) in [7, 11) is -3.93. The fourth-order valence-electron chi connectivity index (χ4n) is 2.98. The second-order valence-electron chi connectivity index (χ2n) is 6.02. The predicted octanol–water partition coefficient (Wildman–Crippen LogP) is 3.92. The highest BCUT2D eigenvalue weighted by Crippen LogP contribution is 2.29. The Hall–Kier alpha value is -2.96. The molecule has 0 unspecified atom stereocenters. The number of fused-ring (bicyclic) bond motifs is 2. The molecule has 0 aromatic heterocycles. The average Bonchev–Trinajstić information content (AvgIpc) is 2.67. The number of rotatable bonds is 3. The molecule has 1 aliphatic carbocycles. The van der Waals surface area contributed by atoms with E-state index in [-0.39, 0.29) is 33.2 Å². The lowest BCUT2D eigenvalue weighted by molar-refractivity contribution is 0.0979. The van der Waals surface area contributed by atoms with Gasteiger partial charge in [0.05, 0.1) is 4.90 Å². The van der Waals surface area contributed by atoms with E-state index in [9.17, 15) is 18.0 Å². The molecule has 3 aromatic carbocycles. The topological polar surface area (TPSA) is 80.3 Å². The van der Waals surface area contributed by atoms with E-state index in [1.54, 1.807) is 36.4 Å². The second-order valence-corrected chi connectivity index (χ2v) is 8.14. The van der Waals surface area contributed by atoms with Crippen LogP contribution < -0.4 is 4.72 Å². The van der Waals surface area contributed by atoms with Crippen molar-refractivity contribution in [3.05, 3.63) is 94.0 Å². The van der Waals surface area contributed by atoms with Crippen molar-refractivity contribution in [3.63, 3.8) is 0 Å². The summed E-state index contributed by atoms with van der Waals surface area (Å²) in [6, 6.07) is 16.6. The normalized spacial score (nSPS) is 13.1. The number of nitrogens with one attached hydrogen (secondary N) is 1. The largest absolute Gasteiger partial charge is 0.289 e. The summed E-state index contributed by atoms with van der Waals surface area (Å²) >= 11 is 5.80. The van der Waals surface area contributed by atoms with Crippen LogP contribution in [0.15, 0.2) is 71.6 Å². The van der Waals surface area contributed by atoms with Gasteiger partial charge in [0, 0.05) is 33.0 Å². The highest BCUT2D eigenvalue weighted by Gasteiger charge is 2.30. The molecule has 1 N–H and O–H groups in total. The van der Waals surface area contributed by atoms with Crippen LogP contribution >= 0.6 is 11.6 Å². The number of hydrogen-bond acceptors (Lipinski definition) is 4. The van der Waals surface area contributed by atoms with Crippen molar-refractivity contribution in [2.24, 2.45) is 0 Å². The molecule has 0 atom stereocenters. The van der Waals surface area contributed by atoms with E-state index in [0.717, 1.165) is 0 Å². The molecule has 4 rings (SSSR count). The van der Waals surface area contributed by atoms with Gasteiger partial charge in [0.15, 0.2) is 11.6 Å².